The van der Waals surface area contributed by atoms with Gasteiger partial charge in [0.15, 0.2) is 5.82 Å². The number of aromatic nitrogens is 2. The highest BCUT2D eigenvalue weighted by molar-refractivity contribution is 5.73. The van der Waals surface area contributed by atoms with Crippen LogP contribution in [0.25, 0.3) is 11.5 Å². The van der Waals surface area contributed by atoms with Gasteiger partial charge in [-0.1, -0.05) is 17.3 Å². The number of benzene rings is 1. The summed E-state index contributed by atoms with van der Waals surface area (Å²) in [4.78, 5) is 4.14. The Balaban J connectivity index is 2.61. The number of anilines is 1. The Morgan fingerprint density at radius 2 is 2.07 bits per heavy atom. The third kappa shape index (κ3) is 1.35. The van der Waals surface area contributed by atoms with Crippen molar-refractivity contribution in [2.24, 2.45) is 0 Å². The van der Waals surface area contributed by atoms with E-state index in [2.05, 4.69) is 10.1 Å². The van der Waals surface area contributed by atoms with E-state index in [4.69, 9.17) is 10.3 Å². The molecule has 1 aromatic heterocycles. The summed E-state index contributed by atoms with van der Waals surface area (Å²) in [5.74, 6) is 1.10. The van der Waals surface area contributed by atoms with E-state index >= 15 is 0 Å². The molecule has 0 bridgehead atoms. The predicted octanol–water partition coefficient (Wildman–Crippen LogP) is 1.94. The maximum Gasteiger partial charge on any atom is 0.260 e. The molecule has 0 aliphatic heterocycles. The van der Waals surface area contributed by atoms with Crippen LogP contribution in [0.4, 0.5) is 5.69 Å². The number of nitrogens with zero attached hydrogens (tertiary/aromatic N) is 2. The molecular weight excluding hydrogens is 178 g/mol. The Labute approximate surface area is 81.7 Å². The fraction of sp³-hybridized carbons (Fsp3) is 0.200. The van der Waals surface area contributed by atoms with Crippen LogP contribution in [-0.2, 0) is 0 Å². The number of hydrogen-bond donors (Lipinski definition) is 1. The molecule has 0 amide bonds. The van der Waals surface area contributed by atoms with E-state index in [1.54, 1.807) is 6.92 Å². The fourth-order valence-electron chi connectivity index (χ4n) is 1.38. The van der Waals surface area contributed by atoms with Gasteiger partial charge < -0.3 is 10.3 Å². The van der Waals surface area contributed by atoms with Crippen LogP contribution in [0.1, 0.15) is 11.4 Å². The van der Waals surface area contributed by atoms with E-state index in [1.807, 2.05) is 25.1 Å². The normalized spacial score (nSPS) is 10.4. The van der Waals surface area contributed by atoms with Crippen molar-refractivity contribution in [3.05, 3.63) is 29.6 Å². The van der Waals surface area contributed by atoms with Gasteiger partial charge in [-0.3, -0.25) is 0 Å². The number of nitrogen functional groups attached to an aromatic ring is 1. The number of aryl methyl sites for hydroxylation is 2. The van der Waals surface area contributed by atoms with E-state index in [0.29, 0.717) is 17.4 Å². The molecule has 2 aromatic rings. The molecule has 4 heteroatoms. The van der Waals surface area contributed by atoms with E-state index in [0.717, 1.165) is 11.1 Å². The molecule has 0 atom stereocenters. The first-order chi connectivity index (χ1) is 6.68. The van der Waals surface area contributed by atoms with Crippen molar-refractivity contribution in [1.82, 2.24) is 10.1 Å². The van der Waals surface area contributed by atoms with Gasteiger partial charge in [0, 0.05) is 5.69 Å². The zero-order valence-electron chi connectivity index (χ0n) is 8.11. The smallest absolute Gasteiger partial charge is 0.260 e. The second kappa shape index (κ2) is 3.14. The molecule has 0 radical (unpaired) electrons. The summed E-state index contributed by atoms with van der Waals surface area (Å²) in [5.41, 5.74) is 8.36. The molecule has 72 valence electrons. The molecule has 1 aromatic carbocycles. The summed E-state index contributed by atoms with van der Waals surface area (Å²) in [5, 5.41) is 3.73. The van der Waals surface area contributed by atoms with Crippen molar-refractivity contribution >= 4 is 5.69 Å². The zero-order chi connectivity index (χ0) is 10.1. The monoisotopic (exact) mass is 189 g/mol. The van der Waals surface area contributed by atoms with E-state index in [9.17, 15) is 0 Å². The minimum Gasteiger partial charge on any atom is -0.398 e. The number of nitrogens with two attached hydrogens (primary N) is 1. The average Bonchev–Trinajstić information content (AvgIpc) is 2.51. The third-order valence-corrected chi connectivity index (χ3v) is 2.05. The van der Waals surface area contributed by atoms with Gasteiger partial charge in [0.25, 0.3) is 5.89 Å². The largest absolute Gasteiger partial charge is 0.398 e. The lowest BCUT2D eigenvalue weighted by atomic mass is 10.1. The summed E-state index contributed by atoms with van der Waals surface area (Å²) in [6.07, 6.45) is 0. The van der Waals surface area contributed by atoms with Crippen LogP contribution in [0.5, 0.6) is 0 Å². The second-order valence-corrected chi connectivity index (χ2v) is 3.19. The highest BCUT2D eigenvalue weighted by atomic mass is 16.5. The van der Waals surface area contributed by atoms with Crippen LogP contribution in [0.2, 0.25) is 0 Å². The molecule has 0 spiro atoms. The zero-order valence-corrected chi connectivity index (χ0v) is 8.11. The van der Waals surface area contributed by atoms with Gasteiger partial charge in [-0.25, -0.2) is 0 Å². The molecule has 0 fully saturated rings. The van der Waals surface area contributed by atoms with Crippen molar-refractivity contribution in [2.45, 2.75) is 13.8 Å². The lowest BCUT2D eigenvalue weighted by Gasteiger charge is -2.03. The van der Waals surface area contributed by atoms with Gasteiger partial charge in [0.2, 0.25) is 0 Å². The van der Waals surface area contributed by atoms with Crippen molar-refractivity contribution in [3.8, 4) is 11.5 Å². The minimum absolute atomic E-state index is 0.484. The molecule has 4 nitrogen and oxygen atoms in total. The van der Waals surface area contributed by atoms with Crippen molar-refractivity contribution in [1.29, 1.82) is 0 Å². The standard InChI is InChI=1S/C10H11N3O/c1-6-4-3-5-8(11)9(6)10-12-7(2)13-14-10/h3-5H,11H2,1-2H3. The van der Waals surface area contributed by atoms with Crippen LogP contribution in [0, 0.1) is 13.8 Å². The molecule has 0 saturated heterocycles. The van der Waals surface area contributed by atoms with Crippen LogP contribution in [0.3, 0.4) is 0 Å². The lowest BCUT2D eigenvalue weighted by molar-refractivity contribution is 0.425. The average molecular weight is 189 g/mol. The van der Waals surface area contributed by atoms with E-state index in [-0.39, 0.29) is 0 Å². The summed E-state index contributed by atoms with van der Waals surface area (Å²) >= 11 is 0. The van der Waals surface area contributed by atoms with Gasteiger partial charge in [-0.2, -0.15) is 4.98 Å². The van der Waals surface area contributed by atoms with Crippen LogP contribution in [-0.4, -0.2) is 10.1 Å². The Hall–Kier alpha value is -1.84. The fourth-order valence-corrected chi connectivity index (χ4v) is 1.38. The maximum absolute atomic E-state index is 5.83. The van der Waals surface area contributed by atoms with Crippen molar-refractivity contribution in [2.75, 3.05) is 5.73 Å². The van der Waals surface area contributed by atoms with Crippen LogP contribution < -0.4 is 5.73 Å². The van der Waals surface area contributed by atoms with Gasteiger partial charge >= 0.3 is 0 Å². The Morgan fingerprint density at radius 1 is 1.29 bits per heavy atom. The topological polar surface area (TPSA) is 64.9 Å². The SMILES string of the molecule is Cc1noc(-c2c(C)cccc2N)n1. The number of hydrogen-bond acceptors (Lipinski definition) is 4. The van der Waals surface area contributed by atoms with Crippen molar-refractivity contribution < 1.29 is 4.52 Å². The molecule has 2 rings (SSSR count). The Kier molecular flexibility index (Phi) is 1.96. The summed E-state index contributed by atoms with van der Waals surface area (Å²) < 4.78 is 5.07. The van der Waals surface area contributed by atoms with Crippen molar-refractivity contribution in [3.63, 3.8) is 0 Å². The summed E-state index contributed by atoms with van der Waals surface area (Å²) in [6, 6.07) is 5.69. The maximum atomic E-state index is 5.83. The van der Waals surface area contributed by atoms with Gasteiger partial charge in [0.05, 0.1) is 5.56 Å². The van der Waals surface area contributed by atoms with Gasteiger partial charge in [0.1, 0.15) is 0 Å². The quantitative estimate of drug-likeness (QED) is 0.696. The first-order valence-corrected chi connectivity index (χ1v) is 4.34. The lowest BCUT2D eigenvalue weighted by Crippen LogP contribution is -1.92. The second-order valence-electron chi connectivity index (χ2n) is 3.19. The first kappa shape index (κ1) is 8.74. The van der Waals surface area contributed by atoms with Gasteiger partial charge in [-0.05, 0) is 25.5 Å². The molecule has 0 saturated carbocycles. The molecule has 14 heavy (non-hydrogen) atoms. The van der Waals surface area contributed by atoms with E-state index < -0.39 is 0 Å². The third-order valence-electron chi connectivity index (χ3n) is 2.05. The summed E-state index contributed by atoms with van der Waals surface area (Å²) in [6.45, 7) is 3.74. The van der Waals surface area contributed by atoms with Crippen LogP contribution >= 0.6 is 0 Å². The van der Waals surface area contributed by atoms with Crippen LogP contribution in [0.15, 0.2) is 22.7 Å². The molecule has 0 unspecified atom stereocenters. The first-order valence-electron chi connectivity index (χ1n) is 4.34. The minimum atomic E-state index is 0.484. The molecule has 0 aliphatic carbocycles. The van der Waals surface area contributed by atoms with Gasteiger partial charge in [-0.15, -0.1) is 0 Å². The Morgan fingerprint density at radius 3 is 2.64 bits per heavy atom. The number of rotatable bonds is 1. The molecule has 1 heterocycles. The summed E-state index contributed by atoms with van der Waals surface area (Å²) in [7, 11) is 0. The Bertz CT molecular complexity index is 442. The molecule has 2 N–H and O–H groups in total. The highest BCUT2D eigenvalue weighted by Gasteiger charge is 2.11. The van der Waals surface area contributed by atoms with E-state index in [1.165, 1.54) is 0 Å². The predicted molar refractivity (Wildman–Crippen MR) is 53.6 cm³/mol. The molecular formula is C10H11N3O. The highest BCUT2D eigenvalue weighted by Crippen LogP contribution is 2.27. The molecule has 0 aliphatic rings.